The first-order valence-corrected chi connectivity index (χ1v) is 5.89. The van der Waals surface area contributed by atoms with E-state index < -0.39 is 0 Å². The monoisotopic (exact) mass is 237 g/mol. The largest absolute Gasteiger partial charge is 0.376 e. The van der Waals surface area contributed by atoms with Gasteiger partial charge in [0.2, 0.25) is 0 Å². The van der Waals surface area contributed by atoms with Crippen LogP contribution < -0.4 is 5.32 Å². The minimum atomic E-state index is -0.322. The molecular weight excluding hydrogens is 226 g/mol. The number of hydrogen-bond acceptors (Lipinski definition) is 5. The molecule has 2 rings (SSSR count). The minimum Gasteiger partial charge on any atom is -0.376 e. The third-order valence-corrected chi connectivity index (χ3v) is 3.45. The van der Waals surface area contributed by atoms with Gasteiger partial charge in [-0.05, 0) is 24.6 Å². The standard InChI is InChI=1S/C10H11N3O2S/c11-5-7-1-3-13(4-2-7)6-8-9(14)12-10(15)16-8/h6-7H,1-4H2,(H,12,14,15)/b8-6-. The van der Waals surface area contributed by atoms with Crippen LogP contribution in [0, 0.1) is 17.2 Å². The molecule has 2 aliphatic rings. The summed E-state index contributed by atoms with van der Waals surface area (Å²) in [5.74, 6) is -0.196. The van der Waals surface area contributed by atoms with E-state index in [1.807, 2.05) is 4.90 Å². The second-order valence-corrected chi connectivity index (χ2v) is 4.79. The molecular formula is C10H11N3O2S. The number of amides is 2. The molecule has 0 atom stereocenters. The Labute approximate surface area is 97.5 Å². The van der Waals surface area contributed by atoms with Crippen LogP contribution in [0.15, 0.2) is 11.1 Å². The fourth-order valence-corrected chi connectivity index (χ4v) is 2.42. The molecule has 2 aliphatic heterocycles. The summed E-state index contributed by atoms with van der Waals surface area (Å²) in [6.07, 6.45) is 3.36. The van der Waals surface area contributed by atoms with Crippen molar-refractivity contribution in [3.05, 3.63) is 11.1 Å². The van der Waals surface area contributed by atoms with Gasteiger partial charge >= 0.3 is 0 Å². The molecule has 0 radical (unpaired) electrons. The Bertz CT molecular complexity index is 391. The number of hydrogen-bond donors (Lipinski definition) is 1. The van der Waals surface area contributed by atoms with E-state index in [0.29, 0.717) is 4.91 Å². The van der Waals surface area contributed by atoms with Crippen molar-refractivity contribution in [3.8, 4) is 6.07 Å². The molecule has 0 aliphatic carbocycles. The second-order valence-electron chi connectivity index (χ2n) is 3.78. The molecule has 0 spiro atoms. The summed E-state index contributed by atoms with van der Waals surface area (Å²) in [5, 5.41) is 10.6. The number of imide groups is 1. The average Bonchev–Trinajstić information content (AvgIpc) is 2.59. The van der Waals surface area contributed by atoms with Crippen LogP contribution >= 0.6 is 11.8 Å². The lowest BCUT2D eigenvalue weighted by Gasteiger charge is -2.27. The van der Waals surface area contributed by atoms with Crippen molar-refractivity contribution < 1.29 is 9.59 Å². The van der Waals surface area contributed by atoms with Gasteiger partial charge < -0.3 is 4.90 Å². The number of thioether (sulfide) groups is 1. The number of rotatable bonds is 1. The highest BCUT2D eigenvalue weighted by molar-refractivity contribution is 8.18. The summed E-state index contributed by atoms with van der Waals surface area (Å²) in [7, 11) is 0. The van der Waals surface area contributed by atoms with Crippen LogP contribution in [0.2, 0.25) is 0 Å². The predicted molar refractivity (Wildman–Crippen MR) is 59.1 cm³/mol. The van der Waals surface area contributed by atoms with Gasteiger partial charge in [-0.2, -0.15) is 5.26 Å². The van der Waals surface area contributed by atoms with Crippen molar-refractivity contribution >= 4 is 22.9 Å². The highest BCUT2D eigenvalue weighted by atomic mass is 32.2. The molecule has 16 heavy (non-hydrogen) atoms. The Morgan fingerprint density at radius 2 is 2.12 bits per heavy atom. The molecule has 2 fully saturated rings. The summed E-state index contributed by atoms with van der Waals surface area (Å²) >= 11 is 0.929. The van der Waals surface area contributed by atoms with Crippen LogP contribution in [0.1, 0.15) is 12.8 Å². The van der Waals surface area contributed by atoms with Gasteiger partial charge in [-0.3, -0.25) is 14.9 Å². The molecule has 0 saturated carbocycles. The van der Waals surface area contributed by atoms with Gasteiger partial charge in [-0.25, -0.2) is 0 Å². The van der Waals surface area contributed by atoms with Crippen LogP contribution in [-0.2, 0) is 4.79 Å². The first-order chi connectivity index (χ1) is 7.69. The highest BCUT2D eigenvalue weighted by Crippen LogP contribution is 2.25. The number of piperidine rings is 1. The summed E-state index contributed by atoms with van der Waals surface area (Å²) in [5.41, 5.74) is 0. The Kier molecular flexibility index (Phi) is 3.15. The highest BCUT2D eigenvalue weighted by Gasteiger charge is 2.26. The first kappa shape index (κ1) is 11.0. The lowest BCUT2D eigenvalue weighted by Crippen LogP contribution is -2.29. The third kappa shape index (κ3) is 2.36. The minimum absolute atomic E-state index is 0.126. The molecule has 1 N–H and O–H groups in total. The van der Waals surface area contributed by atoms with Gasteiger partial charge in [0, 0.05) is 25.2 Å². The van der Waals surface area contributed by atoms with Crippen molar-refractivity contribution in [2.75, 3.05) is 13.1 Å². The van der Waals surface area contributed by atoms with Crippen molar-refractivity contribution in [2.24, 2.45) is 5.92 Å². The fourth-order valence-electron chi connectivity index (χ4n) is 1.73. The van der Waals surface area contributed by atoms with E-state index in [1.165, 1.54) is 0 Å². The number of nitriles is 1. The second kappa shape index (κ2) is 4.58. The number of likely N-dealkylation sites (tertiary alicyclic amines) is 1. The fraction of sp³-hybridized carbons (Fsp3) is 0.500. The molecule has 2 heterocycles. The Balaban J connectivity index is 1.96. The van der Waals surface area contributed by atoms with Crippen molar-refractivity contribution in [1.29, 1.82) is 5.26 Å². The lowest BCUT2D eigenvalue weighted by atomic mass is 9.99. The molecule has 0 aromatic rings. The maximum absolute atomic E-state index is 11.3. The Morgan fingerprint density at radius 3 is 2.62 bits per heavy atom. The van der Waals surface area contributed by atoms with Crippen LogP contribution in [0.5, 0.6) is 0 Å². The van der Waals surface area contributed by atoms with Crippen LogP contribution in [-0.4, -0.2) is 29.1 Å². The van der Waals surface area contributed by atoms with Crippen LogP contribution in [0.4, 0.5) is 4.79 Å². The van der Waals surface area contributed by atoms with Gasteiger partial charge in [0.25, 0.3) is 11.1 Å². The molecule has 6 heteroatoms. The van der Waals surface area contributed by atoms with Crippen LogP contribution in [0.25, 0.3) is 0 Å². The zero-order valence-electron chi connectivity index (χ0n) is 8.60. The third-order valence-electron chi connectivity index (χ3n) is 2.65. The van der Waals surface area contributed by atoms with E-state index in [1.54, 1.807) is 6.20 Å². The zero-order chi connectivity index (χ0) is 11.5. The molecule has 0 aromatic heterocycles. The number of nitrogens with zero attached hydrogens (tertiary/aromatic N) is 2. The van der Waals surface area contributed by atoms with Gasteiger partial charge in [-0.1, -0.05) is 0 Å². The number of nitrogens with one attached hydrogen (secondary N) is 1. The SMILES string of the molecule is N#CC1CCN(/C=C2\SC(=O)NC2=O)CC1. The lowest BCUT2D eigenvalue weighted by molar-refractivity contribution is -0.115. The summed E-state index contributed by atoms with van der Waals surface area (Å²) in [4.78, 5) is 24.7. The van der Waals surface area contributed by atoms with Crippen molar-refractivity contribution in [1.82, 2.24) is 10.2 Å². The van der Waals surface area contributed by atoms with E-state index in [4.69, 9.17) is 5.26 Å². The number of carbonyl (C=O) groups excluding carboxylic acids is 2. The van der Waals surface area contributed by atoms with E-state index in [9.17, 15) is 9.59 Å². The molecule has 5 nitrogen and oxygen atoms in total. The predicted octanol–water partition coefficient (Wildman–Crippen LogP) is 1.05. The topological polar surface area (TPSA) is 73.2 Å². The van der Waals surface area contributed by atoms with Crippen molar-refractivity contribution in [2.45, 2.75) is 12.8 Å². The van der Waals surface area contributed by atoms with E-state index >= 15 is 0 Å². The molecule has 0 unspecified atom stereocenters. The molecule has 0 aromatic carbocycles. The van der Waals surface area contributed by atoms with E-state index in [0.717, 1.165) is 37.7 Å². The normalized spacial score (nSPS) is 24.7. The Morgan fingerprint density at radius 1 is 1.44 bits per heavy atom. The van der Waals surface area contributed by atoms with Gasteiger partial charge in [-0.15, -0.1) is 0 Å². The quantitative estimate of drug-likeness (QED) is 0.690. The van der Waals surface area contributed by atoms with Crippen molar-refractivity contribution in [3.63, 3.8) is 0 Å². The van der Waals surface area contributed by atoms with Gasteiger partial charge in [0.05, 0.1) is 11.0 Å². The average molecular weight is 237 g/mol. The summed E-state index contributed by atoms with van der Waals surface area (Å²) in [6, 6.07) is 2.25. The van der Waals surface area contributed by atoms with E-state index in [2.05, 4.69) is 11.4 Å². The van der Waals surface area contributed by atoms with Gasteiger partial charge in [0.15, 0.2) is 0 Å². The molecule has 0 bridgehead atoms. The summed E-state index contributed by atoms with van der Waals surface area (Å²) < 4.78 is 0. The first-order valence-electron chi connectivity index (χ1n) is 5.07. The maximum Gasteiger partial charge on any atom is 0.290 e. The molecule has 84 valence electrons. The van der Waals surface area contributed by atoms with Gasteiger partial charge in [0.1, 0.15) is 0 Å². The molecule has 2 saturated heterocycles. The number of carbonyl (C=O) groups is 2. The zero-order valence-corrected chi connectivity index (χ0v) is 9.42. The molecule has 2 amide bonds. The smallest absolute Gasteiger partial charge is 0.290 e. The van der Waals surface area contributed by atoms with E-state index in [-0.39, 0.29) is 17.1 Å². The maximum atomic E-state index is 11.3. The van der Waals surface area contributed by atoms with Crippen LogP contribution in [0.3, 0.4) is 0 Å². The Hall–Kier alpha value is -1.48. The summed E-state index contributed by atoms with van der Waals surface area (Å²) in [6.45, 7) is 1.54.